The van der Waals surface area contributed by atoms with E-state index in [1.807, 2.05) is 24.3 Å². The third kappa shape index (κ3) is 6.67. The summed E-state index contributed by atoms with van der Waals surface area (Å²) in [7, 11) is 1.62. The first kappa shape index (κ1) is 24.6. The van der Waals surface area contributed by atoms with Crippen LogP contribution in [0.4, 0.5) is 4.39 Å². The SMILES string of the molecule is CNC(=O)CC1CCN(C(=O)c2cc(Oc3ccc(CCN)cc3)ccc2F)CC1.Cl. The number of hydrogen-bond donors (Lipinski definition) is 2. The van der Waals surface area contributed by atoms with Gasteiger partial charge in [-0.1, -0.05) is 12.1 Å². The van der Waals surface area contributed by atoms with Crippen LogP contribution in [0.5, 0.6) is 11.5 Å². The van der Waals surface area contributed by atoms with Crippen molar-refractivity contribution in [1.82, 2.24) is 10.2 Å². The zero-order valence-electron chi connectivity index (χ0n) is 17.6. The maximum atomic E-state index is 14.4. The van der Waals surface area contributed by atoms with Crippen LogP contribution in [0.3, 0.4) is 0 Å². The number of ether oxygens (including phenoxy) is 1. The van der Waals surface area contributed by atoms with E-state index in [2.05, 4.69) is 5.32 Å². The molecule has 1 aliphatic heterocycles. The fourth-order valence-electron chi connectivity index (χ4n) is 3.63. The summed E-state index contributed by atoms with van der Waals surface area (Å²) in [6.45, 7) is 1.59. The van der Waals surface area contributed by atoms with E-state index in [1.165, 1.54) is 18.2 Å². The van der Waals surface area contributed by atoms with Crippen LogP contribution in [-0.2, 0) is 11.2 Å². The molecular weight excluding hydrogens is 421 g/mol. The number of carbonyl (C=O) groups excluding carboxylic acids is 2. The molecule has 2 amide bonds. The first-order valence-corrected chi connectivity index (χ1v) is 10.3. The molecule has 6 nitrogen and oxygen atoms in total. The summed E-state index contributed by atoms with van der Waals surface area (Å²) >= 11 is 0. The summed E-state index contributed by atoms with van der Waals surface area (Å²) in [5, 5.41) is 2.63. The number of carbonyl (C=O) groups is 2. The van der Waals surface area contributed by atoms with E-state index in [-0.39, 0.29) is 35.7 Å². The molecule has 1 saturated heterocycles. The summed E-state index contributed by atoms with van der Waals surface area (Å²) in [6, 6.07) is 11.7. The number of rotatable bonds is 7. The van der Waals surface area contributed by atoms with Gasteiger partial charge in [-0.15, -0.1) is 12.4 Å². The van der Waals surface area contributed by atoms with Gasteiger partial charge in [0.1, 0.15) is 17.3 Å². The molecule has 0 aliphatic carbocycles. The highest BCUT2D eigenvalue weighted by Gasteiger charge is 2.26. The van der Waals surface area contributed by atoms with Gasteiger partial charge in [0.05, 0.1) is 5.56 Å². The molecule has 0 unspecified atom stereocenters. The molecule has 1 aliphatic rings. The maximum absolute atomic E-state index is 14.4. The summed E-state index contributed by atoms with van der Waals surface area (Å²) in [5.74, 6) is 0.340. The molecule has 3 N–H and O–H groups in total. The van der Waals surface area contributed by atoms with Crippen LogP contribution in [0.15, 0.2) is 42.5 Å². The lowest BCUT2D eigenvalue weighted by atomic mass is 9.93. The standard InChI is InChI=1S/C23H28FN3O3.ClH/c1-26-22(28)14-17-9-12-27(13-10-17)23(29)20-15-19(6-7-21(20)24)30-18-4-2-16(3-5-18)8-11-25;/h2-7,15,17H,8-14,25H2,1H3,(H,26,28);1H. The third-order valence-electron chi connectivity index (χ3n) is 5.41. The van der Waals surface area contributed by atoms with Gasteiger partial charge < -0.3 is 20.7 Å². The van der Waals surface area contributed by atoms with E-state index in [0.717, 1.165) is 24.8 Å². The van der Waals surface area contributed by atoms with E-state index in [4.69, 9.17) is 10.5 Å². The minimum Gasteiger partial charge on any atom is -0.457 e. The predicted octanol–water partition coefficient (Wildman–Crippen LogP) is 3.53. The second-order valence-corrected chi connectivity index (χ2v) is 7.54. The Balaban J connectivity index is 0.00000341. The number of nitrogens with two attached hydrogens (primary N) is 1. The Morgan fingerprint density at radius 1 is 1.13 bits per heavy atom. The van der Waals surface area contributed by atoms with E-state index in [9.17, 15) is 14.0 Å². The molecule has 1 heterocycles. The topological polar surface area (TPSA) is 84.7 Å². The number of piperidine rings is 1. The van der Waals surface area contributed by atoms with Crippen molar-refractivity contribution in [3.63, 3.8) is 0 Å². The highest BCUT2D eigenvalue weighted by molar-refractivity contribution is 5.95. The third-order valence-corrected chi connectivity index (χ3v) is 5.41. The molecule has 2 aromatic rings. The molecule has 0 spiro atoms. The number of nitrogens with zero attached hydrogens (tertiary/aromatic N) is 1. The smallest absolute Gasteiger partial charge is 0.256 e. The van der Waals surface area contributed by atoms with Crippen LogP contribution in [-0.4, -0.2) is 43.4 Å². The maximum Gasteiger partial charge on any atom is 0.256 e. The molecule has 0 radical (unpaired) electrons. The van der Waals surface area contributed by atoms with Crippen LogP contribution in [0.25, 0.3) is 0 Å². The van der Waals surface area contributed by atoms with Crippen molar-refractivity contribution >= 4 is 24.2 Å². The summed E-state index contributed by atoms with van der Waals surface area (Å²) < 4.78 is 20.2. The minimum absolute atomic E-state index is 0. The number of benzene rings is 2. The highest BCUT2D eigenvalue weighted by atomic mass is 35.5. The lowest BCUT2D eigenvalue weighted by Gasteiger charge is -2.31. The van der Waals surface area contributed by atoms with Crippen LogP contribution >= 0.6 is 12.4 Å². The second-order valence-electron chi connectivity index (χ2n) is 7.54. The van der Waals surface area contributed by atoms with Crippen LogP contribution < -0.4 is 15.8 Å². The second kappa shape index (κ2) is 11.7. The average molecular weight is 450 g/mol. The van der Waals surface area contributed by atoms with Gasteiger partial charge in [0.25, 0.3) is 5.91 Å². The Labute approximate surface area is 188 Å². The molecule has 31 heavy (non-hydrogen) atoms. The van der Waals surface area contributed by atoms with Gasteiger partial charge >= 0.3 is 0 Å². The van der Waals surface area contributed by atoms with Crippen molar-refractivity contribution in [3.8, 4) is 11.5 Å². The normalized spacial score (nSPS) is 14.0. The molecule has 0 atom stereocenters. The molecule has 1 fully saturated rings. The molecule has 8 heteroatoms. The van der Waals surface area contributed by atoms with Gasteiger partial charge in [-0.3, -0.25) is 9.59 Å². The van der Waals surface area contributed by atoms with Crippen LogP contribution in [0.2, 0.25) is 0 Å². The highest BCUT2D eigenvalue weighted by Crippen LogP contribution is 2.27. The van der Waals surface area contributed by atoms with Crippen LogP contribution in [0, 0.1) is 11.7 Å². The molecule has 2 aromatic carbocycles. The van der Waals surface area contributed by atoms with Gasteiger partial charge in [0.2, 0.25) is 5.91 Å². The van der Waals surface area contributed by atoms with Gasteiger partial charge in [-0.05, 0) is 67.6 Å². The van der Waals surface area contributed by atoms with Crippen molar-refractivity contribution in [2.45, 2.75) is 25.7 Å². The Kier molecular flexibility index (Phi) is 9.27. The number of halogens is 2. The Bertz CT molecular complexity index is 884. The van der Waals surface area contributed by atoms with Crippen molar-refractivity contribution in [1.29, 1.82) is 0 Å². The Hall–Kier alpha value is -2.64. The zero-order valence-corrected chi connectivity index (χ0v) is 18.4. The summed E-state index contributed by atoms with van der Waals surface area (Å²) in [6.07, 6.45) is 2.70. The van der Waals surface area contributed by atoms with Crippen molar-refractivity contribution in [3.05, 3.63) is 59.4 Å². The number of nitrogens with one attached hydrogen (secondary N) is 1. The summed E-state index contributed by atoms with van der Waals surface area (Å²) in [4.78, 5) is 26.0. The van der Waals surface area contributed by atoms with Gasteiger partial charge in [0.15, 0.2) is 0 Å². The number of likely N-dealkylation sites (tertiary alicyclic amines) is 1. The fourth-order valence-corrected chi connectivity index (χ4v) is 3.63. The van der Waals surface area contributed by atoms with Crippen molar-refractivity contribution in [2.24, 2.45) is 11.7 Å². The van der Waals surface area contributed by atoms with Crippen LogP contribution in [0.1, 0.15) is 35.2 Å². The zero-order chi connectivity index (χ0) is 21.5. The van der Waals surface area contributed by atoms with E-state index in [1.54, 1.807) is 11.9 Å². The van der Waals surface area contributed by atoms with Crippen molar-refractivity contribution < 1.29 is 18.7 Å². The molecule has 168 valence electrons. The van der Waals surface area contributed by atoms with Crippen molar-refractivity contribution in [2.75, 3.05) is 26.7 Å². The van der Waals surface area contributed by atoms with E-state index in [0.29, 0.717) is 37.6 Å². The van der Waals surface area contributed by atoms with Gasteiger partial charge in [-0.2, -0.15) is 0 Å². The first-order chi connectivity index (χ1) is 14.5. The van der Waals surface area contributed by atoms with E-state index < -0.39 is 5.82 Å². The summed E-state index contributed by atoms with van der Waals surface area (Å²) in [5.41, 5.74) is 6.67. The Morgan fingerprint density at radius 2 is 1.77 bits per heavy atom. The number of hydrogen-bond acceptors (Lipinski definition) is 4. The Morgan fingerprint density at radius 3 is 2.39 bits per heavy atom. The first-order valence-electron chi connectivity index (χ1n) is 10.3. The number of amides is 2. The minimum atomic E-state index is -0.571. The van der Waals surface area contributed by atoms with Gasteiger partial charge in [0, 0.05) is 26.6 Å². The molecule has 0 bridgehead atoms. The molecular formula is C23H29ClFN3O3. The quantitative estimate of drug-likeness (QED) is 0.677. The van der Waals surface area contributed by atoms with E-state index >= 15 is 0 Å². The predicted molar refractivity (Wildman–Crippen MR) is 120 cm³/mol. The lowest BCUT2D eigenvalue weighted by Crippen LogP contribution is -2.39. The average Bonchev–Trinajstić information content (AvgIpc) is 2.76. The molecule has 0 aromatic heterocycles. The monoisotopic (exact) mass is 449 g/mol. The molecule has 3 rings (SSSR count). The largest absolute Gasteiger partial charge is 0.457 e. The lowest BCUT2D eigenvalue weighted by molar-refractivity contribution is -0.121. The van der Waals surface area contributed by atoms with Gasteiger partial charge in [-0.25, -0.2) is 4.39 Å². The molecule has 0 saturated carbocycles. The fraction of sp³-hybridized carbons (Fsp3) is 0.391.